The minimum absolute atomic E-state index is 0.0280. The number of aryl methyl sites for hydroxylation is 2. The lowest BCUT2D eigenvalue weighted by molar-refractivity contribution is 0.0935. The molecule has 1 aliphatic heterocycles. The highest BCUT2D eigenvalue weighted by Crippen LogP contribution is 2.33. The van der Waals surface area contributed by atoms with Crippen LogP contribution in [0.15, 0.2) is 63.9 Å². The molecule has 31 heavy (non-hydrogen) atoms. The van der Waals surface area contributed by atoms with E-state index in [-0.39, 0.29) is 15.5 Å². The smallest absolute Gasteiger partial charge is 0.264 e. The van der Waals surface area contributed by atoms with Crippen molar-refractivity contribution in [3.05, 3.63) is 82.3 Å². The van der Waals surface area contributed by atoms with Crippen molar-refractivity contribution in [1.82, 2.24) is 5.32 Å². The zero-order chi connectivity index (χ0) is 22.2. The quantitative estimate of drug-likeness (QED) is 0.591. The number of anilines is 1. The zero-order valence-electron chi connectivity index (χ0n) is 17.3. The predicted molar refractivity (Wildman–Crippen MR) is 120 cm³/mol. The van der Waals surface area contributed by atoms with E-state index in [1.165, 1.54) is 22.5 Å². The first-order valence-corrected chi connectivity index (χ1v) is 11.9. The van der Waals surface area contributed by atoms with Gasteiger partial charge in [-0.15, -0.1) is 0 Å². The van der Waals surface area contributed by atoms with Crippen molar-refractivity contribution in [1.29, 1.82) is 0 Å². The summed E-state index contributed by atoms with van der Waals surface area (Å²) in [6.07, 6.45) is 1.57. The van der Waals surface area contributed by atoms with E-state index in [4.69, 9.17) is 16.0 Å². The minimum Gasteiger partial charge on any atom is -0.464 e. The van der Waals surface area contributed by atoms with E-state index in [0.29, 0.717) is 18.0 Å². The van der Waals surface area contributed by atoms with Crippen LogP contribution in [0.4, 0.5) is 5.69 Å². The molecule has 8 heteroatoms. The molecule has 2 aromatic carbocycles. The third-order valence-corrected chi connectivity index (χ3v) is 7.51. The van der Waals surface area contributed by atoms with Crippen LogP contribution in [-0.4, -0.2) is 20.9 Å². The molecule has 1 N–H and O–H groups in total. The van der Waals surface area contributed by atoms with Crippen molar-refractivity contribution in [3.8, 4) is 0 Å². The Kier molecular flexibility index (Phi) is 5.81. The Labute approximate surface area is 186 Å². The number of sulfonamides is 1. The van der Waals surface area contributed by atoms with Crippen LogP contribution in [0.3, 0.4) is 0 Å². The monoisotopic (exact) mass is 458 g/mol. The van der Waals surface area contributed by atoms with Crippen molar-refractivity contribution < 1.29 is 17.6 Å². The molecule has 0 spiro atoms. The van der Waals surface area contributed by atoms with Crippen LogP contribution in [0, 0.1) is 6.92 Å². The Morgan fingerprint density at radius 1 is 1.16 bits per heavy atom. The number of para-hydroxylation sites is 1. The number of nitrogens with zero attached hydrogens (tertiary/aromatic N) is 1. The Morgan fingerprint density at radius 3 is 2.68 bits per heavy atom. The maximum absolute atomic E-state index is 13.4. The molecule has 1 unspecified atom stereocenters. The molecule has 0 saturated carbocycles. The first-order chi connectivity index (χ1) is 14.8. The lowest BCUT2D eigenvalue weighted by Gasteiger charge is -2.30. The fourth-order valence-corrected chi connectivity index (χ4v) is 5.52. The van der Waals surface area contributed by atoms with Crippen molar-refractivity contribution in [2.75, 3.05) is 10.8 Å². The number of benzene rings is 2. The molecule has 1 aromatic heterocycles. The van der Waals surface area contributed by atoms with Crippen LogP contribution in [0.1, 0.15) is 46.8 Å². The number of amides is 1. The molecule has 3 aromatic rings. The number of furan rings is 1. The maximum Gasteiger partial charge on any atom is 0.264 e. The fourth-order valence-electron chi connectivity index (χ4n) is 3.75. The van der Waals surface area contributed by atoms with Gasteiger partial charge in [0.2, 0.25) is 0 Å². The Bertz CT molecular complexity index is 1240. The standard InChI is InChI=1S/C23H23ClN2O4S/c1-15-9-12-22(30-15)16(2)25-23(27)19-14-18(10-11-20(19)24)31(28,29)26-13-5-7-17-6-3-4-8-21(17)26/h3-4,6,8-12,14,16H,5,7,13H2,1-2H3,(H,25,27). The van der Waals surface area contributed by atoms with Crippen LogP contribution in [0.5, 0.6) is 0 Å². The summed E-state index contributed by atoms with van der Waals surface area (Å²) in [6, 6.07) is 14.9. The van der Waals surface area contributed by atoms with Crippen molar-refractivity contribution in [2.24, 2.45) is 0 Å². The summed E-state index contributed by atoms with van der Waals surface area (Å²) >= 11 is 6.25. The molecule has 1 atom stereocenters. The van der Waals surface area contributed by atoms with Crippen LogP contribution >= 0.6 is 11.6 Å². The highest BCUT2D eigenvalue weighted by molar-refractivity contribution is 7.92. The summed E-state index contributed by atoms with van der Waals surface area (Å²) in [6.45, 7) is 4.00. The Hall–Kier alpha value is -2.77. The highest BCUT2D eigenvalue weighted by atomic mass is 35.5. The maximum atomic E-state index is 13.4. The summed E-state index contributed by atoms with van der Waals surface area (Å²) in [5.41, 5.74) is 1.77. The lowest BCUT2D eigenvalue weighted by Crippen LogP contribution is -2.35. The van der Waals surface area contributed by atoms with Gasteiger partial charge in [0.15, 0.2) is 0 Å². The molecule has 1 aliphatic rings. The average molecular weight is 459 g/mol. The SMILES string of the molecule is Cc1ccc(C(C)NC(=O)c2cc(S(=O)(=O)N3CCCc4ccccc43)ccc2Cl)o1. The van der Waals surface area contributed by atoms with E-state index in [2.05, 4.69) is 5.32 Å². The summed E-state index contributed by atoms with van der Waals surface area (Å²) in [7, 11) is -3.85. The Morgan fingerprint density at radius 2 is 1.94 bits per heavy atom. The van der Waals surface area contributed by atoms with Gasteiger partial charge >= 0.3 is 0 Å². The van der Waals surface area contributed by atoms with Gasteiger partial charge in [0.25, 0.3) is 15.9 Å². The molecule has 162 valence electrons. The molecular formula is C23H23ClN2O4S. The van der Waals surface area contributed by atoms with E-state index < -0.39 is 22.0 Å². The number of carbonyl (C=O) groups is 1. The fraction of sp³-hybridized carbons (Fsp3) is 0.261. The highest BCUT2D eigenvalue weighted by Gasteiger charge is 2.30. The van der Waals surface area contributed by atoms with E-state index in [9.17, 15) is 13.2 Å². The van der Waals surface area contributed by atoms with E-state index in [1.807, 2.05) is 37.3 Å². The topological polar surface area (TPSA) is 79.6 Å². The molecule has 1 amide bonds. The number of carbonyl (C=O) groups excluding carboxylic acids is 1. The number of rotatable bonds is 5. The van der Waals surface area contributed by atoms with E-state index in [1.54, 1.807) is 13.0 Å². The first kappa shape index (κ1) is 21.5. The third kappa shape index (κ3) is 4.20. The van der Waals surface area contributed by atoms with Crippen LogP contribution < -0.4 is 9.62 Å². The first-order valence-electron chi connectivity index (χ1n) is 10.0. The molecule has 2 heterocycles. The van der Waals surface area contributed by atoms with Gasteiger partial charge in [0.1, 0.15) is 11.5 Å². The van der Waals surface area contributed by atoms with Crippen molar-refractivity contribution in [3.63, 3.8) is 0 Å². The summed E-state index contributed by atoms with van der Waals surface area (Å²) in [5, 5.41) is 2.99. The van der Waals surface area contributed by atoms with Crippen molar-refractivity contribution >= 4 is 33.2 Å². The molecule has 0 saturated heterocycles. The van der Waals surface area contributed by atoms with Crippen LogP contribution in [0.2, 0.25) is 5.02 Å². The third-order valence-electron chi connectivity index (χ3n) is 5.37. The van der Waals surface area contributed by atoms with Gasteiger partial charge in [-0.25, -0.2) is 8.42 Å². The second-order valence-corrected chi connectivity index (χ2v) is 9.86. The second kappa shape index (κ2) is 8.40. The Balaban J connectivity index is 1.64. The van der Waals surface area contributed by atoms with Crippen molar-refractivity contribution in [2.45, 2.75) is 37.6 Å². The number of fused-ring (bicyclic) bond motifs is 1. The van der Waals surface area contributed by atoms with Gasteiger partial charge in [0.05, 0.1) is 27.2 Å². The minimum atomic E-state index is -3.85. The lowest BCUT2D eigenvalue weighted by atomic mass is 10.0. The molecule has 0 fully saturated rings. The largest absolute Gasteiger partial charge is 0.464 e. The number of hydrogen-bond donors (Lipinski definition) is 1. The summed E-state index contributed by atoms with van der Waals surface area (Å²) in [4.78, 5) is 12.9. The predicted octanol–water partition coefficient (Wildman–Crippen LogP) is 4.87. The summed E-state index contributed by atoms with van der Waals surface area (Å²) < 4.78 is 33.8. The zero-order valence-corrected chi connectivity index (χ0v) is 18.8. The number of hydrogen-bond acceptors (Lipinski definition) is 4. The average Bonchev–Trinajstić information content (AvgIpc) is 3.20. The molecular weight excluding hydrogens is 436 g/mol. The van der Waals surface area contributed by atoms with Crippen LogP contribution in [-0.2, 0) is 16.4 Å². The normalized spacial score (nSPS) is 14.7. The molecule has 0 bridgehead atoms. The molecule has 0 radical (unpaired) electrons. The van der Waals surface area contributed by atoms with E-state index >= 15 is 0 Å². The number of nitrogens with one attached hydrogen (secondary N) is 1. The van der Waals surface area contributed by atoms with E-state index in [0.717, 1.165) is 24.2 Å². The van der Waals surface area contributed by atoms with Crippen LogP contribution in [0.25, 0.3) is 0 Å². The molecule has 6 nitrogen and oxygen atoms in total. The van der Waals surface area contributed by atoms with Gasteiger partial charge < -0.3 is 9.73 Å². The van der Waals surface area contributed by atoms with Gasteiger partial charge in [-0.3, -0.25) is 9.10 Å². The second-order valence-electron chi connectivity index (χ2n) is 7.59. The number of halogens is 1. The van der Waals surface area contributed by atoms with Gasteiger partial charge in [-0.1, -0.05) is 29.8 Å². The molecule has 4 rings (SSSR count). The molecule has 0 aliphatic carbocycles. The van der Waals surface area contributed by atoms with Gasteiger partial charge in [0, 0.05) is 6.54 Å². The summed E-state index contributed by atoms with van der Waals surface area (Å²) in [5.74, 6) is 0.877. The van der Waals surface area contributed by atoms with Gasteiger partial charge in [-0.05, 0) is 68.7 Å². The van der Waals surface area contributed by atoms with Gasteiger partial charge in [-0.2, -0.15) is 0 Å².